The molecule has 1 fully saturated rings. The zero-order valence-electron chi connectivity index (χ0n) is 15.0. The molecule has 0 bridgehead atoms. The molecule has 5 heteroatoms. The fraction of sp³-hybridized carbons (Fsp3) is 0.333. The standard InChI is InChI=1S/C21H23N3OS/c1-16-6-5-9-18-20(16)22-21(26-18)24-14-12-23(13-15-24)19(25)11-10-17-7-3-2-4-8-17/h2-9H,10-15H2,1H3. The predicted molar refractivity (Wildman–Crippen MR) is 108 cm³/mol. The second kappa shape index (κ2) is 7.46. The first-order chi connectivity index (χ1) is 12.7. The van der Waals surface area contributed by atoms with Gasteiger partial charge < -0.3 is 9.80 Å². The number of para-hydroxylation sites is 1. The van der Waals surface area contributed by atoms with Crippen LogP contribution in [0, 0.1) is 6.92 Å². The van der Waals surface area contributed by atoms with Gasteiger partial charge in [-0.25, -0.2) is 4.98 Å². The maximum Gasteiger partial charge on any atom is 0.223 e. The van der Waals surface area contributed by atoms with Crippen LogP contribution in [0.3, 0.4) is 0 Å². The fourth-order valence-corrected chi connectivity index (χ4v) is 4.51. The van der Waals surface area contributed by atoms with Crippen molar-refractivity contribution in [1.29, 1.82) is 0 Å². The number of fused-ring (bicyclic) bond motifs is 1. The highest BCUT2D eigenvalue weighted by Gasteiger charge is 2.23. The highest BCUT2D eigenvalue weighted by molar-refractivity contribution is 7.22. The number of aryl methyl sites for hydroxylation is 2. The predicted octanol–water partition coefficient (Wildman–Crippen LogP) is 3.89. The van der Waals surface area contributed by atoms with E-state index in [1.807, 2.05) is 23.1 Å². The van der Waals surface area contributed by atoms with E-state index in [-0.39, 0.29) is 5.91 Å². The molecule has 1 amide bonds. The SMILES string of the molecule is Cc1cccc2sc(N3CCN(C(=O)CCc4ccccc4)CC3)nc12. The van der Waals surface area contributed by atoms with E-state index in [4.69, 9.17) is 4.98 Å². The molecule has 0 radical (unpaired) electrons. The molecule has 0 atom stereocenters. The molecule has 0 N–H and O–H groups in total. The minimum Gasteiger partial charge on any atom is -0.345 e. The lowest BCUT2D eigenvalue weighted by molar-refractivity contribution is -0.131. The second-order valence-corrected chi connectivity index (χ2v) is 7.78. The summed E-state index contributed by atoms with van der Waals surface area (Å²) in [6, 6.07) is 16.6. The van der Waals surface area contributed by atoms with Crippen LogP contribution in [0.25, 0.3) is 10.2 Å². The monoisotopic (exact) mass is 365 g/mol. The summed E-state index contributed by atoms with van der Waals surface area (Å²) >= 11 is 1.75. The van der Waals surface area contributed by atoms with Crippen LogP contribution < -0.4 is 4.90 Å². The molecule has 2 aromatic carbocycles. The Balaban J connectivity index is 1.34. The number of aromatic nitrogens is 1. The van der Waals surface area contributed by atoms with E-state index in [0.717, 1.165) is 43.2 Å². The van der Waals surface area contributed by atoms with Crippen molar-refractivity contribution < 1.29 is 4.79 Å². The number of anilines is 1. The van der Waals surface area contributed by atoms with Crippen LogP contribution in [0.4, 0.5) is 5.13 Å². The molecule has 0 spiro atoms. The molecule has 3 aromatic rings. The van der Waals surface area contributed by atoms with Gasteiger partial charge in [0.2, 0.25) is 5.91 Å². The largest absolute Gasteiger partial charge is 0.345 e. The van der Waals surface area contributed by atoms with E-state index < -0.39 is 0 Å². The van der Waals surface area contributed by atoms with Crippen molar-refractivity contribution in [2.45, 2.75) is 19.8 Å². The minimum absolute atomic E-state index is 0.258. The number of piperazine rings is 1. The lowest BCUT2D eigenvalue weighted by atomic mass is 10.1. The molecular formula is C21H23N3OS. The average molecular weight is 366 g/mol. The Labute approximate surface area is 158 Å². The van der Waals surface area contributed by atoms with Gasteiger partial charge in [0.25, 0.3) is 0 Å². The van der Waals surface area contributed by atoms with Gasteiger partial charge >= 0.3 is 0 Å². The Bertz CT molecular complexity index is 898. The molecule has 4 nitrogen and oxygen atoms in total. The lowest BCUT2D eigenvalue weighted by Gasteiger charge is -2.34. The number of nitrogens with zero attached hydrogens (tertiary/aromatic N) is 3. The molecule has 134 valence electrons. The topological polar surface area (TPSA) is 36.4 Å². The first-order valence-electron chi connectivity index (χ1n) is 9.13. The third-order valence-electron chi connectivity index (χ3n) is 4.98. The van der Waals surface area contributed by atoms with Crippen molar-refractivity contribution in [1.82, 2.24) is 9.88 Å². The molecule has 1 aliphatic heterocycles. The summed E-state index contributed by atoms with van der Waals surface area (Å²) in [5.41, 5.74) is 3.55. The quantitative estimate of drug-likeness (QED) is 0.704. The normalized spacial score (nSPS) is 14.8. The van der Waals surface area contributed by atoms with Gasteiger partial charge in [-0.05, 0) is 30.5 Å². The fourth-order valence-electron chi connectivity index (χ4n) is 3.41. The van der Waals surface area contributed by atoms with Crippen LogP contribution in [-0.2, 0) is 11.2 Å². The summed E-state index contributed by atoms with van der Waals surface area (Å²) < 4.78 is 1.24. The Morgan fingerprint density at radius 3 is 2.54 bits per heavy atom. The summed E-state index contributed by atoms with van der Waals surface area (Å²) in [6.45, 7) is 5.38. The first-order valence-corrected chi connectivity index (χ1v) is 9.95. The van der Waals surface area contributed by atoms with Gasteiger partial charge in [0.15, 0.2) is 5.13 Å². The van der Waals surface area contributed by atoms with Crippen molar-refractivity contribution in [3.05, 3.63) is 59.7 Å². The highest BCUT2D eigenvalue weighted by atomic mass is 32.1. The van der Waals surface area contributed by atoms with Gasteiger partial charge in [0, 0.05) is 32.6 Å². The van der Waals surface area contributed by atoms with Crippen LogP contribution in [0.5, 0.6) is 0 Å². The Hall–Kier alpha value is -2.40. The summed E-state index contributed by atoms with van der Waals surface area (Å²) in [4.78, 5) is 21.6. The molecular weight excluding hydrogens is 342 g/mol. The maximum atomic E-state index is 12.5. The van der Waals surface area contributed by atoms with Gasteiger partial charge in [-0.15, -0.1) is 0 Å². The van der Waals surface area contributed by atoms with E-state index >= 15 is 0 Å². The van der Waals surface area contributed by atoms with Crippen LogP contribution in [0.1, 0.15) is 17.5 Å². The first kappa shape index (κ1) is 17.0. The van der Waals surface area contributed by atoms with Crippen LogP contribution in [-0.4, -0.2) is 42.0 Å². The van der Waals surface area contributed by atoms with Gasteiger partial charge in [-0.1, -0.05) is 53.8 Å². The number of hydrogen-bond donors (Lipinski definition) is 0. The van der Waals surface area contributed by atoms with Crippen molar-refractivity contribution in [3.63, 3.8) is 0 Å². The van der Waals surface area contributed by atoms with Gasteiger partial charge in [0.05, 0.1) is 10.2 Å². The summed E-state index contributed by atoms with van der Waals surface area (Å²) in [5.74, 6) is 0.258. The molecule has 0 aliphatic carbocycles. The van der Waals surface area contributed by atoms with Gasteiger partial charge in [0.1, 0.15) is 0 Å². The average Bonchev–Trinajstić information content (AvgIpc) is 3.13. The summed E-state index contributed by atoms with van der Waals surface area (Å²) in [5, 5.41) is 1.07. The minimum atomic E-state index is 0.258. The molecule has 4 rings (SSSR count). The number of amides is 1. The van der Waals surface area contributed by atoms with E-state index in [9.17, 15) is 4.79 Å². The smallest absolute Gasteiger partial charge is 0.223 e. The second-order valence-electron chi connectivity index (χ2n) is 6.77. The third-order valence-corrected chi connectivity index (χ3v) is 6.06. The summed E-state index contributed by atoms with van der Waals surface area (Å²) in [6.07, 6.45) is 1.40. The highest BCUT2D eigenvalue weighted by Crippen LogP contribution is 2.31. The molecule has 1 aliphatic rings. The van der Waals surface area contributed by atoms with E-state index in [1.54, 1.807) is 11.3 Å². The van der Waals surface area contributed by atoms with E-state index in [0.29, 0.717) is 6.42 Å². The Morgan fingerprint density at radius 1 is 1.04 bits per heavy atom. The van der Waals surface area contributed by atoms with Crippen molar-refractivity contribution in [2.24, 2.45) is 0 Å². The number of carbonyl (C=O) groups excluding carboxylic acids is 1. The van der Waals surface area contributed by atoms with Gasteiger partial charge in [-0.3, -0.25) is 4.79 Å². The molecule has 1 aromatic heterocycles. The number of hydrogen-bond acceptors (Lipinski definition) is 4. The lowest BCUT2D eigenvalue weighted by Crippen LogP contribution is -2.48. The van der Waals surface area contributed by atoms with Gasteiger partial charge in [-0.2, -0.15) is 0 Å². The Kier molecular flexibility index (Phi) is 4.89. The summed E-state index contributed by atoms with van der Waals surface area (Å²) in [7, 11) is 0. The van der Waals surface area contributed by atoms with Crippen molar-refractivity contribution in [3.8, 4) is 0 Å². The van der Waals surface area contributed by atoms with Crippen molar-refractivity contribution >= 4 is 32.6 Å². The molecule has 0 saturated carbocycles. The number of carbonyl (C=O) groups is 1. The van der Waals surface area contributed by atoms with E-state index in [1.165, 1.54) is 15.8 Å². The molecule has 26 heavy (non-hydrogen) atoms. The van der Waals surface area contributed by atoms with E-state index in [2.05, 4.69) is 42.2 Å². The van der Waals surface area contributed by atoms with Crippen LogP contribution in [0.2, 0.25) is 0 Å². The number of benzene rings is 2. The number of thiazole rings is 1. The van der Waals surface area contributed by atoms with Crippen LogP contribution >= 0.6 is 11.3 Å². The molecule has 1 saturated heterocycles. The zero-order valence-corrected chi connectivity index (χ0v) is 15.8. The third kappa shape index (κ3) is 3.58. The Morgan fingerprint density at radius 2 is 1.81 bits per heavy atom. The maximum absolute atomic E-state index is 12.5. The van der Waals surface area contributed by atoms with Crippen LogP contribution in [0.15, 0.2) is 48.5 Å². The van der Waals surface area contributed by atoms with Crippen molar-refractivity contribution in [2.75, 3.05) is 31.1 Å². The molecule has 0 unspecified atom stereocenters. The zero-order chi connectivity index (χ0) is 17.9. The molecule has 2 heterocycles. The number of rotatable bonds is 4.